The van der Waals surface area contributed by atoms with Crippen molar-refractivity contribution in [1.82, 2.24) is 4.98 Å². The molecule has 0 aliphatic rings. The second-order valence-electron chi connectivity index (χ2n) is 2.35. The molecule has 3 heteroatoms. The number of benzene rings is 1. The Balaban J connectivity index is 0.000000720. The van der Waals surface area contributed by atoms with E-state index in [1.807, 2.05) is 18.2 Å². The zero-order chi connectivity index (χ0) is 7.68. The molecule has 0 saturated heterocycles. The van der Waals surface area contributed by atoms with E-state index in [2.05, 4.69) is 4.98 Å². The zero-order valence-electron chi connectivity index (χ0n) is 6.44. The standard InChI is InChI=1S/C9H7NO.Sc/c11-8-5-1-3-7-4-2-6-10-9(7)8;/h1-6,11H;. The van der Waals surface area contributed by atoms with E-state index in [1.54, 1.807) is 18.3 Å². The molecule has 12 heavy (non-hydrogen) atoms. The van der Waals surface area contributed by atoms with Crippen LogP contribution in [-0.2, 0) is 25.8 Å². The van der Waals surface area contributed by atoms with E-state index >= 15 is 0 Å². The molecule has 0 saturated carbocycles. The number of pyridine rings is 1. The molecule has 0 unspecified atom stereocenters. The van der Waals surface area contributed by atoms with Crippen molar-refractivity contribution >= 4 is 10.9 Å². The normalized spacial score (nSPS) is 9.33. The van der Waals surface area contributed by atoms with Gasteiger partial charge in [-0.15, -0.1) is 0 Å². The van der Waals surface area contributed by atoms with Crippen LogP contribution < -0.4 is 0 Å². The summed E-state index contributed by atoms with van der Waals surface area (Å²) < 4.78 is 0. The van der Waals surface area contributed by atoms with Crippen molar-refractivity contribution in [2.45, 2.75) is 0 Å². The number of aromatic hydroxyl groups is 1. The van der Waals surface area contributed by atoms with Gasteiger partial charge in [0.15, 0.2) is 0 Å². The van der Waals surface area contributed by atoms with Crippen molar-refractivity contribution in [3.8, 4) is 5.75 Å². The Morgan fingerprint density at radius 2 is 1.83 bits per heavy atom. The van der Waals surface area contributed by atoms with Crippen LogP contribution >= 0.6 is 0 Å². The van der Waals surface area contributed by atoms with Crippen molar-refractivity contribution in [2.75, 3.05) is 0 Å². The maximum absolute atomic E-state index is 9.31. The fourth-order valence-corrected chi connectivity index (χ4v) is 1.09. The fourth-order valence-electron chi connectivity index (χ4n) is 1.09. The van der Waals surface area contributed by atoms with Crippen LogP contribution in [-0.4, -0.2) is 10.1 Å². The minimum Gasteiger partial charge on any atom is -0.506 e. The predicted octanol–water partition coefficient (Wildman–Crippen LogP) is 1.94. The zero-order valence-corrected chi connectivity index (χ0v) is 8.24. The van der Waals surface area contributed by atoms with E-state index in [9.17, 15) is 5.11 Å². The smallest absolute Gasteiger partial charge is 0.141 e. The first-order chi connectivity index (χ1) is 5.38. The molecule has 2 nitrogen and oxygen atoms in total. The third-order valence-corrected chi connectivity index (χ3v) is 1.61. The van der Waals surface area contributed by atoms with Crippen LogP contribution in [0.25, 0.3) is 10.9 Å². The number of nitrogens with zero attached hydrogens (tertiary/aromatic N) is 1. The average molecular weight is 190 g/mol. The monoisotopic (exact) mass is 190 g/mol. The Labute approximate surface area is 89.0 Å². The number of phenols is 1. The van der Waals surface area contributed by atoms with E-state index in [4.69, 9.17) is 0 Å². The summed E-state index contributed by atoms with van der Waals surface area (Å²) in [6, 6.07) is 9.13. The van der Waals surface area contributed by atoms with Crippen molar-refractivity contribution in [1.29, 1.82) is 0 Å². The van der Waals surface area contributed by atoms with Crippen molar-refractivity contribution < 1.29 is 30.9 Å². The summed E-state index contributed by atoms with van der Waals surface area (Å²) in [6.45, 7) is 0. The molecule has 0 aliphatic heterocycles. The molecule has 1 heterocycles. The molecule has 1 aromatic carbocycles. The molecular formula is C9H7NOSc. The van der Waals surface area contributed by atoms with Gasteiger partial charge >= 0.3 is 0 Å². The number of phenolic OH excluding ortho intramolecular Hbond substituents is 1. The minimum atomic E-state index is 0. The molecule has 0 atom stereocenters. The van der Waals surface area contributed by atoms with Crippen molar-refractivity contribution in [3.63, 3.8) is 0 Å². The van der Waals surface area contributed by atoms with Gasteiger partial charge in [0.25, 0.3) is 0 Å². The van der Waals surface area contributed by atoms with Crippen LogP contribution in [0.3, 0.4) is 0 Å². The van der Waals surface area contributed by atoms with Crippen LogP contribution in [0, 0.1) is 0 Å². The molecule has 1 radical (unpaired) electrons. The van der Waals surface area contributed by atoms with E-state index < -0.39 is 0 Å². The van der Waals surface area contributed by atoms with Gasteiger partial charge in [0.2, 0.25) is 0 Å². The van der Waals surface area contributed by atoms with Crippen LogP contribution in [0.5, 0.6) is 5.75 Å². The molecule has 0 amide bonds. The van der Waals surface area contributed by atoms with Gasteiger partial charge in [-0.1, -0.05) is 18.2 Å². The summed E-state index contributed by atoms with van der Waals surface area (Å²) in [5.41, 5.74) is 0.662. The van der Waals surface area contributed by atoms with Gasteiger partial charge in [-0.2, -0.15) is 0 Å². The number of hydrogen-bond donors (Lipinski definition) is 1. The van der Waals surface area contributed by atoms with E-state index in [-0.39, 0.29) is 31.6 Å². The molecule has 0 bridgehead atoms. The summed E-state index contributed by atoms with van der Waals surface area (Å²) in [5.74, 6) is 0.239. The minimum absolute atomic E-state index is 0. The van der Waals surface area contributed by atoms with Crippen molar-refractivity contribution in [3.05, 3.63) is 36.5 Å². The number of para-hydroxylation sites is 1. The first kappa shape index (κ1) is 9.39. The first-order valence-electron chi connectivity index (χ1n) is 3.40. The number of rotatable bonds is 0. The number of fused-ring (bicyclic) bond motifs is 1. The molecular weight excluding hydrogens is 183 g/mol. The SMILES string of the molecule is Oc1cccc2cccnc12.[Sc]. The third kappa shape index (κ3) is 1.55. The van der Waals surface area contributed by atoms with Gasteiger partial charge in [0.1, 0.15) is 11.3 Å². The second-order valence-corrected chi connectivity index (χ2v) is 2.35. The topological polar surface area (TPSA) is 33.1 Å². The van der Waals surface area contributed by atoms with Crippen LogP contribution in [0.15, 0.2) is 36.5 Å². The Hall–Kier alpha value is -0.700. The maximum Gasteiger partial charge on any atom is 0.141 e. The molecule has 2 aromatic rings. The first-order valence-corrected chi connectivity index (χ1v) is 3.40. The van der Waals surface area contributed by atoms with Gasteiger partial charge in [-0.3, -0.25) is 4.98 Å². The summed E-state index contributed by atoms with van der Waals surface area (Å²) in [7, 11) is 0. The molecule has 0 fully saturated rings. The van der Waals surface area contributed by atoms with Gasteiger partial charge < -0.3 is 5.11 Å². The molecule has 0 spiro atoms. The summed E-state index contributed by atoms with van der Waals surface area (Å²) in [4.78, 5) is 4.03. The Kier molecular flexibility index (Phi) is 2.98. The fraction of sp³-hybridized carbons (Fsp3) is 0. The van der Waals surface area contributed by atoms with Gasteiger partial charge in [-0.05, 0) is 12.1 Å². The van der Waals surface area contributed by atoms with Crippen LogP contribution in [0.4, 0.5) is 0 Å². The number of hydrogen-bond acceptors (Lipinski definition) is 2. The second kappa shape index (κ2) is 3.81. The Morgan fingerprint density at radius 1 is 1.08 bits per heavy atom. The van der Waals surface area contributed by atoms with Gasteiger partial charge in [0.05, 0.1) is 0 Å². The van der Waals surface area contributed by atoms with E-state index in [0.29, 0.717) is 5.52 Å². The molecule has 2 rings (SSSR count). The van der Waals surface area contributed by atoms with Gasteiger partial charge in [0, 0.05) is 37.4 Å². The number of aromatic nitrogens is 1. The summed E-state index contributed by atoms with van der Waals surface area (Å²) in [5, 5.41) is 10.3. The molecule has 0 aliphatic carbocycles. The molecule has 1 aromatic heterocycles. The summed E-state index contributed by atoms with van der Waals surface area (Å²) in [6.07, 6.45) is 1.67. The van der Waals surface area contributed by atoms with Crippen LogP contribution in [0.1, 0.15) is 0 Å². The van der Waals surface area contributed by atoms with Crippen LogP contribution in [0.2, 0.25) is 0 Å². The quantitative estimate of drug-likeness (QED) is 0.688. The average Bonchev–Trinajstić information content (AvgIpc) is 2.06. The largest absolute Gasteiger partial charge is 0.506 e. The van der Waals surface area contributed by atoms with E-state index in [0.717, 1.165) is 5.39 Å². The predicted molar refractivity (Wildman–Crippen MR) is 43.4 cm³/mol. The third-order valence-electron chi connectivity index (χ3n) is 1.61. The molecule has 57 valence electrons. The van der Waals surface area contributed by atoms with Gasteiger partial charge in [-0.25, -0.2) is 0 Å². The maximum atomic E-state index is 9.31. The summed E-state index contributed by atoms with van der Waals surface area (Å²) >= 11 is 0. The molecule has 1 N–H and O–H groups in total. The van der Waals surface area contributed by atoms with E-state index in [1.165, 1.54) is 0 Å². The van der Waals surface area contributed by atoms with Crippen molar-refractivity contribution in [2.24, 2.45) is 0 Å². The Morgan fingerprint density at radius 3 is 2.58 bits per heavy atom. The Bertz CT molecular complexity index is 384.